The quantitative estimate of drug-likeness (QED) is 0.748. The maximum Gasteiger partial charge on any atom is 0.294 e. The second-order valence-corrected chi connectivity index (χ2v) is 6.79. The minimum absolute atomic E-state index is 0.0670. The van der Waals surface area contributed by atoms with Gasteiger partial charge in [0.25, 0.3) is 17.8 Å². The maximum absolute atomic E-state index is 12.7. The number of anilines is 1. The van der Waals surface area contributed by atoms with Gasteiger partial charge < -0.3 is 9.42 Å². The Morgan fingerprint density at radius 3 is 2.59 bits per heavy atom. The number of aryl methyl sites for hydroxylation is 1. The number of piperidine rings is 1. The molecule has 0 unspecified atom stereocenters. The molecule has 11 heteroatoms. The van der Waals surface area contributed by atoms with Crippen LogP contribution in [0.1, 0.15) is 41.9 Å². The zero-order valence-corrected chi connectivity index (χ0v) is 15.2. The van der Waals surface area contributed by atoms with Crippen molar-refractivity contribution in [3.63, 3.8) is 0 Å². The number of hydrogen-bond donors (Lipinski definition) is 0. The molecule has 0 aliphatic carbocycles. The fourth-order valence-electron chi connectivity index (χ4n) is 3.41. The van der Waals surface area contributed by atoms with E-state index in [4.69, 9.17) is 4.52 Å². The van der Waals surface area contributed by atoms with E-state index >= 15 is 0 Å². The third kappa shape index (κ3) is 3.62. The van der Waals surface area contributed by atoms with Gasteiger partial charge in [-0.3, -0.25) is 9.59 Å². The first-order chi connectivity index (χ1) is 13.1. The summed E-state index contributed by atoms with van der Waals surface area (Å²) in [5.41, 5.74) is 0.193. The van der Waals surface area contributed by atoms with Crippen molar-refractivity contribution >= 4 is 17.8 Å². The molecule has 2 aromatic rings. The molecule has 2 amide bonds. The van der Waals surface area contributed by atoms with Crippen molar-refractivity contribution in [1.82, 2.24) is 35.4 Å². The smallest absolute Gasteiger partial charge is 0.294 e. The summed E-state index contributed by atoms with van der Waals surface area (Å²) < 4.78 is 4.96. The third-order valence-electron chi connectivity index (χ3n) is 4.76. The molecule has 27 heavy (non-hydrogen) atoms. The summed E-state index contributed by atoms with van der Waals surface area (Å²) in [5.74, 6) is 0.490. The molecule has 4 rings (SSSR count). The fraction of sp³-hybridized carbons (Fsp3) is 0.625. The van der Waals surface area contributed by atoms with Crippen LogP contribution in [0.2, 0.25) is 0 Å². The summed E-state index contributed by atoms with van der Waals surface area (Å²) in [4.78, 5) is 28.7. The van der Waals surface area contributed by atoms with Crippen LogP contribution in [0.25, 0.3) is 0 Å². The second-order valence-electron chi connectivity index (χ2n) is 6.79. The highest BCUT2D eigenvalue weighted by Gasteiger charge is 2.33. The SMILES string of the molecule is Cc1cc(C(=O)N2CCCN2C(=O)Cn2nnc(N3CCCCC3)n2)no1. The predicted octanol–water partition coefficient (Wildman–Crippen LogP) is 0.250. The molecule has 2 saturated heterocycles. The van der Waals surface area contributed by atoms with Crippen molar-refractivity contribution in [3.05, 3.63) is 17.5 Å². The molecule has 2 aliphatic rings. The van der Waals surface area contributed by atoms with Gasteiger partial charge in [-0.2, -0.15) is 4.80 Å². The Bertz CT molecular complexity index is 825. The first kappa shape index (κ1) is 17.4. The Labute approximate surface area is 155 Å². The molecule has 0 radical (unpaired) electrons. The lowest BCUT2D eigenvalue weighted by atomic mass is 10.1. The van der Waals surface area contributed by atoms with Crippen LogP contribution in [0.3, 0.4) is 0 Å². The minimum Gasteiger partial charge on any atom is -0.361 e. The Balaban J connectivity index is 1.41. The van der Waals surface area contributed by atoms with Gasteiger partial charge in [0.15, 0.2) is 5.69 Å². The number of aromatic nitrogens is 5. The number of hydrazine groups is 1. The summed E-state index contributed by atoms with van der Waals surface area (Å²) in [7, 11) is 0. The number of carbonyl (C=O) groups excluding carboxylic acids is 2. The van der Waals surface area contributed by atoms with Gasteiger partial charge in [0.1, 0.15) is 12.3 Å². The van der Waals surface area contributed by atoms with Crippen molar-refractivity contribution in [1.29, 1.82) is 0 Å². The van der Waals surface area contributed by atoms with Crippen LogP contribution < -0.4 is 4.90 Å². The van der Waals surface area contributed by atoms with Gasteiger partial charge >= 0.3 is 0 Å². The lowest BCUT2D eigenvalue weighted by Gasteiger charge is -2.26. The van der Waals surface area contributed by atoms with Crippen LogP contribution in [-0.2, 0) is 11.3 Å². The van der Waals surface area contributed by atoms with Crippen molar-refractivity contribution in [3.8, 4) is 0 Å². The molecule has 0 spiro atoms. The molecule has 2 aromatic heterocycles. The molecule has 0 aromatic carbocycles. The summed E-state index contributed by atoms with van der Waals surface area (Å²) in [5, 5.41) is 18.9. The van der Waals surface area contributed by atoms with Crippen LogP contribution in [-0.4, -0.2) is 73.4 Å². The van der Waals surface area contributed by atoms with E-state index in [0.717, 1.165) is 25.9 Å². The number of rotatable bonds is 4. The lowest BCUT2D eigenvalue weighted by molar-refractivity contribution is -0.141. The molecule has 0 atom stereocenters. The number of tetrazole rings is 1. The van der Waals surface area contributed by atoms with E-state index in [1.165, 1.54) is 21.2 Å². The topological polar surface area (TPSA) is 113 Å². The van der Waals surface area contributed by atoms with Crippen LogP contribution in [0.4, 0.5) is 5.95 Å². The molecular formula is C16H22N8O3. The van der Waals surface area contributed by atoms with Gasteiger partial charge in [0, 0.05) is 32.2 Å². The van der Waals surface area contributed by atoms with E-state index in [1.807, 2.05) is 0 Å². The highest BCUT2D eigenvalue weighted by molar-refractivity contribution is 5.93. The molecule has 2 aliphatic heterocycles. The van der Waals surface area contributed by atoms with Crippen molar-refractivity contribution < 1.29 is 14.1 Å². The van der Waals surface area contributed by atoms with E-state index in [1.54, 1.807) is 13.0 Å². The Morgan fingerprint density at radius 1 is 1.07 bits per heavy atom. The lowest BCUT2D eigenvalue weighted by Crippen LogP contribution is -2.46. The Kier molecular flexibility index (Phi) is 4.73. The van der Waals surface area contributed by atoms with Gasteiger partial charge in [0.2, 0.25) is 0 Å². The fourth-order valence-corrected chi connectivity index (χ4v) is 3.41. The maximum atomic E-state index is 12.7. The zero-order valence-electron chi connectivity index (χ0n) is 15.2. The van der Waals surface area contributed by atoms with Crippen LogP contribution in [0.15, 0.2) is 10.6 Å². The van der Waals surface area contributed by atoms with Crippen LogP contribution in [0.5, 0.6) is 0 Å². The first-order valence-electron chi connectivity index (χ1n) is 9.20. The molecule has 11 nitrogen and oxygen atoms in total. The molecular weight excluding hydrogens is 352 g/mol. The van der Waals surface area contributed by atoms with Crippen LogP contribution in [0, 0.1) is 6.92 Å². The average Bonchev–Trinajstić information content (AvgIpc) is 3.42. The summed E-state index contributed by atoms with van der Waals surface area (Å²) >= 11 is 0. The van der Waals surface area contributed by atoms with E-state index in [-0.39, 0.29) is 24.1 Å². The number of hydrogen-bond acceptors (Lipinski definition) is 8. The van der Waals surface area contributed by atoms with Gasteiger partial charge in [-0.1, -0.05) is 10.3 Å². The van der Waals surface area contributed by atoms with E-state index < -0.39 is 0 Å². The normalized spacial score (nSPS) is 17.6. The van der Waals surface area contributed by atoms with Crippen molar-refractivity contribution in [2.24, 2.45) is 0 Å². The molecule has 0 bridgehead atoms. The van der Waals surface area contributed by atoms with Gasteiger partial charge in [0.05, 0.1) is 0 Å². The van der Waals surface area contributed by atoms with E-state index in [9.17, 15) is 9.59 Å². The van der Waals surface area contributed by atoms with Gasteiger partial charge in [-0.25, -0.2) is 10.0 Å². The molecule has 2 fully saturated rings. The average molecular weight is 374 g/mol. The highest BCUT2D eigenvalue weighted by atomic mass is 16.5. The second kappa shape index (κ2) is 7.33. The summed E-state index contributed by atoms with van der Waals surface area (Å²) in [6.07, 6.45) is 4.14. The predicted molar refractivity (Wildman–Crippen MR) is 92.5 cm³/mol. The van der Waals surface area contributed by atoms with Crippen molar-refractivity contribution in [2.75, 3.05) is 31.1 Å². The van der Waals surface area contributed by atoms with Gasteiger partial charge in [-0.15, -0.1) is 5.10 Å². The standard InChI is InChI=1S/C16H22N8O3/c1-12-10-13(19-27-12)15(26)23-9-5-8-22(23)14(25)11-24-18-16(17-20-24)21-6-3-2-4-7-21/h10H,2-9,11H2,1H3. The Hall–Kier alpha value is -2.98. The number of nitrogens with zero attached hydrogens (tertiary/aromatic N) is 8. The summed E-state index contributed by atoms with van der Waals surface area (Å²) in [6, 6.07) is 1.56. The van der Waals surface area contributed by atoms with Gasteiger partial charge in [-0.05, 0) is 37.8 Å². The Morgan fingerprint density at radius 2 is 1.85 bits per heavy atom. The van der Waals surface area contributed by atoms with E-state index in [2.05, 4.69) is 25.5 Å². The monoisotopic (exact) mass is 374 g/mol. The minimum atomic E-state index is -0.349. The largest absolute Gasteiger partial charge is 0.361 e. The number of amides is 2. The molecule has 144 valence electrons. The third-order valence-corrected chi connectivity index (χ3v) is 4.76. The molecule has 0 saturated carbocycles. The van der Waals surface area contributed by atoms with Crippen LogP contribution >= 0.6 is 0 Å². The van der Waals surface area contributed by atoms with E-state index in [0.29, 0.717) is 31.2 Å². The zero-order chi connectivity index (χ0) is 18.8. The number of carbonyl (C=O) groups is 2. The molecule has 0 N–H and O–H groups in total. The molecule has 4 heterocycles. The van der Waals surface area contributed by atoms with Crippen molar-refractivity contribution in [2.45, 2.75) is 39.2 Å². The first-order valence-corrected chi connectivity index (χ1v) is 9.20. The summed E-state index contributed by atoms with van der Waals surface area (Å²) in [6.45, 7) is 4.39. The highest BCUT2D eigenvalue weighted by Crippen LogP contribution is 2.17.